The maximum Gasteiger partial charge on any atom is 0.269 e. The van der Waals surface area contributed by atoms with E-state index in [1.807, 2.05) is 23.1 Å². The van der Waals surface area contributed by atoms with Crippen LogP contribution in [0.2, 0.25) is 0 Å². The Morgan fingerprint density at radius 1 is 1.04 bits per heavy atom. The third-order valence-electron chi connectivity index (χ3n) is 5.48. The fourth-order valence-electron chi connectivity index (χ4n) is 3.85. The third kappa shape index (κ3) is 4.01. The maximum atomic E-state index is 13.0. The molecule has 27 heavy (non-hydrogen) atoms. The zero-order valence-electron chi connectivity index (χ0n) is 15.2. The van der Waals surface area contributed by atoms with E-state index in [2.05, 4.69) is 17.0 Å². The SMILES string of the molecule is O=C(Cc1ccc([N+](=O)[O-])cc1)N1CCN(C2CC2)CC1c1ccccc1. The molecule has 1 aliphatic heterocycles. The second-order valence-corrected chi connectivity index (χ2v) is 7.34. The first-order chi connectivity index (χ1) is 13.1. The van der Waals surface area contributed by atoms with E-state index in [1.165, 1.54) is 30.5 Å². The van der Waals surface area contributed by atoms with Crippen molar-refractivity contribution in [2.45, 2.75) is 31.3 Å². The number of piperazine rings is 1. The Morgan fingerprint density at radius 2 is 1.74 bits per heavy atom. The molecule has 2 aromatic carbocycles. The van der Waals surface area contributed by atoms with E-state index in [0.29, 0.717) is 6.04 Å². The first-order valence-corrected chi connectivity index (χ1v) is 9.43. The fourth-order valence-corrected chi connectivity index (χ4v) is 3.85. The van der Waals surface area contributed by atoms with Gasteiger partial charge in [-0.25, -0.2) is 0 Å². The maximum absolute atomic E-state index is 13.0. The first kappa shape index (κ1) is 17.7. The van der Waals surface area contributed by atoms with Crippen LogP contribution in [0.5, 0.6) is 0 Å². The summed E-state index contributed by atoms with van der Waals surface area (Å²) in [6.07, 6.45) is 2.79. The number of rotatable bonds is 5. The van der Waals surface area contributed by atoms with Crippen LogP contribution in [0.4, 0.5) is 5.69 Å². The smallest absolute Gasteiger partial charge is 0.269 e. The summed E-state index contributed by atoms with van der Waals surface area (Å²) in [7, 11) is 0. The molecule has 1 amide bonds. The molecular formula is C21H23N3O3. The van der Waals surface area contributed by atoms with Gasteiger partial charge in [0.25, 0.3) is 5.69 Å². The second kappa shape index (κ2) is 7.48. The van der Waals surface area contributed by atoms with Crippen molar-refractivity contribution in [3.63, 3.8) is 0 Å². The third-order valence-corrected chi connectivity index (χ3v) is 5.48. The summed E-state index contributed by atoms with van der Waals surface area (Å²) >= 11 is 0. The highest BCUT2D eigenvalue weighted by molar-refractivity contribution is 5.79. The number of carbonyl (C=O) groups is 1. The Hall–Kier alpha value is -2.73. The zero-order chi connectivity index (χ0) is 18.8. The van der Waals surface area contributed by atoms with E-state index in [4.69, 9.17) is 0 Å². The van der Waals surface area contributed by atoms with E-state index in [1.54, 1.807) is 12.1 Å². The molecule has 0 spiro atoms. The number of amides is 1. The van der Waals surface area contributed by atoms with Crippen molar-refractivity contribution in [2.24, 2.45) is 0 Å². The molecule has 1 atom stereocenters. The molecule has 1 unspecified atom stereocenters. The van der Waals surface area contributed by atoms with Crippen LogP contribution in [-0.2, 0) is 11.2 Å². The molecule has 6 nitrogen and oxygen atoms in total. The summed E-state index contributed by atoms with van der Waals surface area (Å²) < 4.78 is 0. The molecule has 2 fully saturated rings. The van der Waals surface area contributed by atoms with Gasteiger partial charge in [-0.1, -0.05) is 42.5 Å². The van der Waals surface area contributed by atoms with Gasteiger partial charge < -0.3 is 4.90 Å². The number of non-ortho nitro benzene ring substituents is 1. The van der Waals surface area contributed by atoms with Crippen LogP contribution in [0.3, 0.4) is 0 Å². The largest absolute Gasteiger partial charge is 0.333 e. The van der Waals surface area contributed by atoms with Gasteiger partial charge in [0, 0.05) is 37.8 Å². The minimum Gasteiger partial charge on any atom is -0.333 e. The van der Waals surface area contributed by atoms with Crippen molar-refractivity contribution in [3.8, 4) is 0 Å². The van der Waals surface area contributed by atoms with Crippen LogP contribution in [-0.4, -0.2) is 46.3 Å². The number of nitrogens with zero attached hydrogens (tertiary/aromatic N) is 3. The van der Waals surface area contributed by atoms with Gasteiger partial charge in [0.05, 0.1) is 17.4 Å². The molecule has 1 saturated carbocycles. The number of hydrogen-bond acceptors (Lipinski definition) is 4. The predicted molar refractivity (Wildman–Crippen MR) is 102 cm³/mol. The van der Waals surface area contributed by atoms with Gasteiger partial charge in [0.2, 0.25) is 5.91 Å². The number of hydrogen-bond donors (Lipinski definition) is 0. The normalized spacial score (nSPS) is 20.4. The van der Waals surface area contributed by atoms with Crippen molar-refractivity contribution in [2.75, 3.05) is 19.6 Å². The molecule has 140 valence electrons. The average molecular weight is 365 g/mol. The lowest BCUT2D eigenvalue weighted by molar-refractivity contribution is -0.384. The van der Waals surface area contributed by atoms with Crippen LogP contribution in [0.1, 0.15) is 30.0 Å². The van der Waals surface area contributed by atoms with E-state index in [9.17, 15) is 14.9 Å². The predicted octanol–water partition coefficient (Wildman–Crippen LogP) is 3.19. The lowest BCUT2D eigenvalue weighted by Gasteiger charge is -2.42. The van der Waals surface area contributed by atoms with E-state index in [-0.39, 0.29) is 24.1 Å². The minimum absolute atomic E-state index is 0.0476. The van der Waals surface area contributed by atoms with Crippen LogP contribution >= 0.6 is 0 Å². The van der Waals surface area contributed by atoms with Crippen molar-refractivity contribution in [3.05, 3.63) is 75.8 Å². The zero-order valence-corrected chi connectivity index (χ0v) is 15.2. The lowest BCUT2D eigenvalue weighted by atomic mass is 10.0. The second-order valence-electron chi connectivity index (χ2n) is 7.34. The van der Waals surface area contributed by atoms with Crippen molar-refractivity contribution >= 4 is 11.6 Å². The molecule has 0 radical (unpaired) electrons. The number of nitro benzene ring substituents is 1. The monoisotopic (exact) mass is 365 g/mol. The van der Waals surface area contributed by atoms with Gasteiger partial charge in [-0.3, -0.25) is 19.8 Å². The molecule has 0 N–H and O–H groups in total. The van der Waals surface area contributed by atoms with Crippen molar-refractivity contribution in [1.29, 1.82) is 0 Å². The molecule has 2 aromatic rings. The average Bonchev–Trinajstić information content (AvgIpc) is 3.54. The molecule has 6 heteroatoms. The van der Waals surface area contributed by atoms with Gasteiger partial charge in [-0.15, -0.1) is 0 Å². The van der Waals surface area contributed by atoms with Crippen LogP contribution in [0.25, 0.3) is 0 Å². The topological polar surface area (TPSA) is 66.7 Å². The fraction of sp³-hybridized carbons (Fsp3) is 0.381. The molecule has 2 aliphatic rings. The first-order valence-electron chi connectivity index (χ1n) is 9.43. The highest BCUT2D eigenvalue weighted by Gasteiger charge is 2.37. The minimum atomic E-state index is -0.422. The van der Waals surface area contributed by atoms with E-state index >= 15 is 0 Å². The Kier molecular flexibility index (Phi) is 4.90. The number of carbonyl (C=O) groups excluding carboxylic acids is 1. The summed E-state index contributed by atoms with van der Waals surface area (Å²) in [6.45, 7) is 2.52. The van der Waals surface area contributed by atoms with E-state index < -0.39 is 4.92 Å². The van der Waals surface area contributed by atoms with Gasteiger partial charge >= 0.3 is 0 Å². The molecule has 1 aliphatic carbocycles. The molecular weight excluding hydrogens is 342 g/mol. The summed E-state index contributed by atoms with van der Waals surface area (Å²) in [4.78, 5) is 27.9. The van der Waals surface area contributed by atoms with Gasteiger partial charge in [-0.05, 0) is 24.0 Å². The Bertz CT molecular complexity index is 818. The Balaban J connectivity index is 1.50. The van der Waals surface area contributed by atoms with Gasteiger partial charge in [0.15, 0.2) is 0 Å². The Morgan fingerprint density at radius 3 is 2.37 bits per heavy atom. The summed E-state index contributed by atoms with van der Waals surface area (Å²) in [6, 6.07) is 17.2. The molecule has 1 heterocycles. The molecule has 1 saturated heterocycles. The molecule has 0 aromatic heterocycles. The summed E-state index contributed by atoms with van der Waals surface area (Å²) in [5.74, 6) is 0.0770. The van der Waals surface area contributed by atoms with Crippen LogP contribution in [0.15, 0.2) is 54.6 Å². The number of nitro groups is 1. The highest BCUT2D eigenvalue weighted by Crippen LogP contribution is 2.33. The van der Waals surface area contributed by atoms with Gasteiger partial charge in [0.1, 0.15) is 0 Å². The standard InChI is InChI=1S/C21H23N3O3/c25-21(14-16-6-8-19(9-7-16)24(26)27)23-13-12-22(18-10-11-18)15-20(23)17-4-2-1-3-5-17/h1-9,18,20H,10-15H2. The molecule has 4 rings (SSSR count). The summed E-state index contributed by atoms with van der Waals surface area (Å²) in [5.41, 5.74) is 2.02. The van der Waals surface area contributed by atoms with Crippen molar-refractivity contribution in [1.82, 2.24) is 9.80 Å². The van der Waals surface area contributed by atoms with E-state index in [0.717, 1.165) is 25.2 Å². The van der Waals surface area contributed by atoms with Crippen molar-refractivity contribution < 1.29 is 9.72 Å². The molecule has 0 bridgehead atoms. The lowest BCUT2D eigenvalue weighted by Crippen LogP contribution is -2.51. The summed E-state index contributed by atoms with van der Waals surface area (Å²) in [5, 5.41) is 10.8. The highest BCUT2D eigenvalue weighted by atomic mass is 16.6. The number of benzene rings is 2. The van der Waals surface area contributed by atoms with Crippen LogP contribution < -0.4 is 0 Å². The Labute approximate surface area is 158 Å². The van der Waals surface area contributed by atoms with Crippen LogP contribution in [0, 0.1) is 10.1 Å². The quantitative estimate of drug-likeness (QED) is 0.603. The van der Waals surface area contributed by atoms with Gasteiger partial charge in [-0.2, -0.15) is 0 Å².